The second-order valence-electron chi connectivity index (χ2n) is 7.06. The first-order valence-corrected chi connectivity index (χ1v) is 6.36. The van der Waals surface area contributed by atoms with Crippen molar-refractivity contribution in [2.24, 2.45) is 10.8 Å². The van der Waals surface area contributed by atoms with Crippen molar-refractivity contribution >= 4 is 0 Å². The van der Waals surface area contributed by atoms with E-state index in [9.17, 15) is 0 Å². The standard InChI is InChI=1S/C14H31N/c1-8-15(11-9-13(2,3)4)12-10-14(5,6)7/h8-12H2,1-7H3. The van der Waals surface area contributed by atoms with Crippen LogP contribution >= 0.6 is 0 Å². The van der Waals surface area contributed by atoms with Crippen LogP contribution in [0, 0.1) is 10.8 Å². The van der Waals surface area contributed by atoms with E-state index in [0.717, 1.165) is 0 Å². The molecule has 0 atom stereocenters. The van der Waals surface area contributed by atoms with Gasteiger partial charge in [0, 0.05) is 0 Å². The van der Waals surface area contributed by atoms with E-state index in [1.54, 1.807) is 0 Å². The lowest BCUT2D eigenvalue weighted by Gasteiger charge is -2.28. The van der Waals surface area contributed by atoms with Gasteiger partial charge in [-0.1, -0.05) is 48.5 Å². The smallest absolute Gasteiger partial charge is 0.00139 e. The van der Waals surface area contributed by atoms with Gasteiger partial charge >= 0.3 is 0 Å². The van der Waals surface area contributed by atoms with Crippen molar-refractivity contribution in [3.63, 3.8) is 0 Å². The lowest BCUT2D eigenvalue weighted by atomic mass is 9.90. The van der Waals surface area contributed by atoms with Crippen LogP contribution in [-0.2, 0) is 0 Å². The van der Waals surface area contributed by atoms with Crippen molar-refractivity contribution in [2.75, 3.05) is 19.6 Å². The van der Waals surface area contributed by atoms with Crippen molar-refractivity contribution in [2.45, 2.75) is 61.3 Å². The monoisotopic (exact) mass is 213 g/mol. The van der Waals surface area contributed by atoms with E-state index in [1.165, 1.54) is 32.5 Å². The summed E-state index contributed by atoms with van der Waals surface area (Å²) in [5.74, 6) is 0. The van der Waals surface area contributed by atoms with Crippen LogP contribution in [0.3, 0.4) is 0 Å². The minimum absolute atomic E-state index is 0.467. The van der Waals surface area contributed by atoms with Crippen LogP contribution in [-0.4, -0.2) is 24.5 Å². The molecule has 0 radical (unpaired) electrons. The maximum absolute atomic E-state index is 2.58. The highest BCUT2D eigenvalue weighted by molar-refractivity contribution is 4.68. The highest BCUT2D eigenvalue weighted by atomic mass is 15.1. The third-order valence-electron chi connectivity index (χ3n) is 2.80. The summed E-state index contributed by atoms with van der Waals surface area (Å²) in [6.07, 6.45) is 2.59. The second-order valence-corrected chi connectivity index (χ2v) is 7.06. The number of nitrogens with zero attached hydrogens (tertiary/aromatic N) is 1. The van der Waals surface area contributed by atoms with Gasteiger partial charge in [-0.3, -0.25) is 0 Å². The van der Waals surface area contributed by atoms with Gasteiger partial charge in [-0.05, 0) is 43.3 Å². The zero-order valence-corrected chi connectivity index (χ0v) is 12.0. The molecule has 1 heteroatoms. The fourth-order valence-electron chi connectivity index (χ4n) is 1.42. The summed E-state index contributed by atoms with van der Waals surface area (Å²) in [5.41, 5.74) is 0.935. The third-order valence-corrected chi connectivity index (χ3v) is 2.80. The number of hydrogen-bond donors (Lipinski definition) is 0. The normalized spacial score (nSPS) is 13.6. The number of hydrogen-bond acceptors (Lipinski definition) is 1. The molecule has 0 unspecified atom stereocenters. The minimum atomic E-state index is 0.467. The molecule has 0 bridgehead atoms. The zero-order valence-electron chi connectivity index (χ0n) is 12.0. The molecule has 92 valence electrons. The van der Waals surface area contributed by atoms with Gasteiger partial charge in [0.2, 0.25) is 0 Å². The van der Waals surface area contributed by atoms with E-state index >= 15 is 0 Å². The second kappa shape index (κ2) is 5.89. The van der Waals surface area contributed by atoms with Crippen molar-refractivity contribution in [1.82, 2.24) is 4.90 Å². The van der Waals surface area contributed by atoms with Gasteiger partial charge in [0.1, 0.15) is 0 Å². The van der Waals surface area contributed by atoms with Crippen LogP contribution in [0.5, 0.6) is 0 Å². The fourth-order valence-corrected chi connectivity index (χ4v) is 1.42. The first-order valence-electron chi connectivity index (χ1n) is 6.36. The van der Waals surface area contributed by atoms with Crippen LogP contribution in [0.1, 0.15) is 61.3 Å². The van der Waals surface area contributed by atoms with Crippen molar-refractivity contribution in [1.29, 1.82) is 0 Å². The Balaban J connectivity index is 3.84. The molecule has 0 aliphatic carbocycles. The Bertz CT molecular complexity index is 141. The molecule has 1 nitrogen and oxygen atoms in total. The van der Waals surface area contributed by atoms with Gasteiger partial charge in [0.15, 0.2) is 0 Å². The number of rotatable bonds is 5. The van der Waals surface area contributed by atoms with Crippen molar-refractivity contribution in [3.05, 3.63) is 0 Å². The molecule has 0 aromatic rings. The van der Waals surface area contributed by atoms with Crippen LogP contribution < -0.4 is 0 Å². The highest BCUT2D eigenvalue weighted by Crippen LogP contribution is 2.21. The summed E-state index contributed by atoms with van der Waals surface area (Å²) in [6, 6.07) is 0. The Morgan fingerprint density at radius 2 is 1.07 bits per heavy atom. The van der Waals surface area contributed by atoms with Crippen LogP contribution in [0.4, 0.5) is 0 Å². The van der Waals surface area contributed by atoms with E-state index < -0.39 is 0 Å². The summed E-state index contributed by atoms with van der Waals surface area (Å²) in [6.45, 7) is 19.9. The summed E-state index contributed by atoms with van der Waals surface area (Å²) in [4.78, 5) is 2.58. The molecule has 0 rings (SSSR count). The van der Waals surface area contributed by atoms with Gasteiger partial charge in [-0.15, -0.1) is 0 Å². The van der Waals surface area contributed by atoms with Gasteiger partial charge in [0.05, 0.1) is 0 Å². The molecule has 0 N–H and O–H groups in total. The lowest BCUT2D eigenvalue weighted by molar-refractivity contribution is 0.207. The average molecular weight is 213 g/mol. The maximum atomic E-state index is 2.58. The molecule has 0 amide bonds. The largest absolute Gasteiger partial charge is 0.304 e. The maximum Gasteiger partial charge on any atom is -0.00139 e. The predicted octanol–water partition coefficient (Wildman–Crippen LogP) is 4.18. The zero-order chi connectivity index (χ0) is 12.1. The van der Waals surface area contributed by atoms with E-state index in [4.69, 9.17) is 0 Å². The van der Waals surface area contributed by atoms with E-state index in [1.807, 2.05) is 0 Å². The molecule has 0 fully saturated rings. The molecule has 0 aromatic carbocycles. The highest BCUT2D eigenvalue weighted by Gasteiger charge is 2.15. The Morgan fingerprint density at radius 1 is 0.733 bits per heavy atom. The fraction of sp³-hybridized carbons (Fsp3) is 1.00. The van der Waals surface area contributed by atoms with Gasteiger partial charge in [-0.2, -0.15) is 0 Å². The summed E-state index contributed by atoms with van der Waals surface area (Å²) in [5, 5.41) is 0. The van der Waals surface area contributed by atoms with Crippen LogP contribution in [0.15, 0.2) is 0 Å². The van der Waals surface area contributed by atoms with Gasteiger partial charge in [0.25, 0.3) is 0 Å². The van der Waals surface area contributed by atoms with Crippen LogP contribution in [0.2, 0.25) is 0 Å². The molecule has 0 saturated carbocycles. The molecule has 0 aliphatic heterocycles. The van der Waals surface area contributed by atoms with Crippen LogP contribution in [0.25, 0.3) is 0 Å². The first-order chi connectivity index (χ1) is 6.64. The Labute approximate surface area is 97.2 Å². The SMILES string of the molecule is CCN(CCC(C)(C)C)CCC(C)(C)C. The summed E-state index contributed by atoms with van der Waals surface area (Å²) >= 11 is 0. The molecule has 0 saturated heterocycles. The quantitative estimate of drug-likeness (QED) is 0.662. The third kappa shape index (κ3) is 10.2. The lowest BCUT2D eigenvalue weighted by Crippen LogP contribution is -2.30. The molecule has 0 spiro atoms. The average Bonchev–Trinajstić information content (AvgIpc) is 2.00. The molecular weight excluding hydrogens is 182 g/mol. The topological polar surface area (TPSA) is 3.24 Å². The summed E-state index contributed by atoms with van der Waals surface area (Å²) in [7, 11) is 0. The van der Waals surface area contributed by atoms with E-state index in [2.05, 4.69) is 53.4 Å². The Morgan fingerprint density at radius 3 is 1.27 bits per heavy atom. The van der Waals surface area contributed by atoms with Crippen molar-refractivity contribution in [3.8, 4) is 0 Å². The minimum Gasteiger partial charge on any atom is -0.304 e. The Hall–Kier alpha value is -0.0400. The molecule has 15 heavy (non-hydrogen) atoms. The molecule has 0 heterocycles. The van der Waals surface area contributed by atoms with E-state index in [-0.39, 0.29) is 0 Å². The molecule has 0 aromatic heterocycles. The van der Waals surface area contributed by atoms with Crippen molar-refractivity contribution < 1.29 is 0 Å². The van der Waals surface area contributed by atoms with Gasteiger partial charge in [-0.25, -0.2) is 0 Å². The predicted molar refractivity (Wildman–Crippen MR) is 70.3 cm³/mol. The molecular formula is C14H31N. The first kappa shape index (κ1) is 15.0. The Kier molecular flexibility index (Phi) is 5.87. The molecule has 0 aliphatic rings. The van der Waals surface area contributed by atoms with E-state index in [0.29, 0.717) is 10.8 Å². The van der Waals surface area contributed by atoms with Gasteiger partial charge < -0.3 is 4.90 Å². The summed E-state index contributed by atoms with van der Waals surface area (Å²) < 4.78 is 0.